The van der Waals surface area contributed by atoms with Crippen LogP contribution in [0.25, 0.3) is 0 Å². The van der Waals surface area contributed by atoms with Gasteiger partial charge in [-0.3, -0.25) is 0 Å². The van der Waals surface area contributed by atoms with Crippen molar-refractivity contribution in [2.24, 2.45) is 11.8 Å². The van der Waals surface area contributed by atoms with E-state index in [2.05, 4.69) is 24.8 Å². The van der Waals surface area contributed by atoms with Gasteiger partial charge >= 0.3 is 0 Å². The zero-order valence-electron chi connectivity index (χ0n) is 18.1. The third-order valence-electron chi connectivity index (χ3n) is 5.08. The van der Waals surface area contributed by atoms with Gasteiger partial charge in [0.15, 0.2) is 0 Å². The van der Waals surface area contributed by atoms with Crippen molar-refractivity contribution in [1.29, 1.82) is 0 Å². The predicted octanol–water partition coefficient (Wildman–Crippen LogP) is 5.18. The fourth-order valence-electron chi connectivity index (χ4n) is 3.27. The topological polar surface area (TPSA) is 47.9 Å². The fraction of sp³-hybridized carbons (Fsp3) is 0.385. The van der Waals surface area contributed by atoms with E-state index >= 15 is 0 Å². The summed E-state index contributed by atoms with van der Waals surface area (Å²) in [5.41, 5.74) is 3.25. The number of rotatable bonds is 14. The highest BCUT2D eigenvalue weighted by Crippen LogP contribution is 2.24. The second-order valence-electron chi connectivity index (χ2n) is 7.42. The van der Waals surface area contributed by atoms with Crippen molar-refractivity contribution in [2.75, 3.05) is 26.9 Å². The van der Waals surface area contributed by atoms with Gasteiger partial charge in [-0.05, 0) is 42.5 Å². The molecule has 0 aliphatic rings. The van der Waals surface area contributed by atoms with Crippen LogP contribution in [0.3, 0.4) is 0 Å². The van der Waals surface area contributed by atoms with Crippen LogP contribution in [0.5, 0.6) is 5.75 Å². The van der Waals surface area contributed by atoms with Gasteiger partial charge in [0.1, 0.15) is 5.75 Å². The zero-order valence-corrected chi connectivity index (χ0v) is 18.1. The average Bonchev–Trinajstić information content (AvgIpc) is 2.77. The molecule has 162 valence electrons. The summed E-state index contributed by atoms with van der Waals surface area (Å²) >= 11 is 0. The largest absolute Gasteiger partial charge is 0.497 e. The molecule has 0 aliphatic carbocycles. The molecule has 0 aliphatic heterocycles. The summed E-state index contributed by atoms with van der Waals surface area (Å²) in [6.45, 7) is 8.37. The summed E-state index contributed by atoms with van der Waals surface area (Å²) in [7, 11) is 1.66. The van der Waals surface area contributed by atoms with Crippen LogP contribution >= 0.6 is 0 Å². The molecular weight excluding hydrogens is 376 g/mol. The number of ether oxygens (including phenoxy) is 3. The molecular formula is C26H34O4. The number of hydrogen-bond donors (Lipinski definition) is 1. The molecule has 2 atom stereocenters. The summed E-state index contributed by atoms with van der Waals surface area (Å²) in [4.78, 5) is 0. The van der Waals surface area contributed by atoms with Gasteiger partial charge < -0.3 is 19.3 Å². The average molecular weight is 411 g/mol. The van der Waals surface area contributed by atoms with Gasteiger partial charge in [0.2, 0.25) is 0 Å². The van der Waals surface area contributed by atoms with Crippen LogP contribution in [0.1, 0.15) is 24.5 Å². The van der Waals surface area contributed by atoms with Crippen molar-refractivity contribution in [3.8, 4) is 5.75 Å². The molecule has 0 bridgehead atoms. The Bertz CT molecular complexity index is 752. The second kappa shape index (κ2) is 13.8. The minimum absolute atomic E-state index is 0.0168. The normalized spacial score (nSPS) is 13.3. The van der Waals surface area contributed by atoms with E-state index in [1.807, 2.05) is 55.5 Å². The monoisotopic (exact) mass is 410 g/mol. The molecule has 0 heterocycles. The predicted molar refractivity (Wildman–Crippen MR) is 121 cm³/mol. The van der Waals surface area contributed by atoms with E-state index < -0.39 is 0 Å². The number of methoxy groups -OCH3 is 1. The Kier molecular flexibility index (Phi) is 10.9. The van der Waals surface area contributed by atoms with E-state index in [4.69, 9.17) is 14.2 Å². The maximum absolute atomic E-state index is 9.82. The molecule has 1 N–H and O–H groups in total. The van der Waals surface area contributed by atoms with Gasteiger partial charge in [0.05, 0.1) is 33.5 Å². The molecule has 0 saturated carbocycles. The molecule has 0 amide bonds. The Morgan fingerprint density at radius 2 is 1.67 bits per heavy atom. The third kappa shape index (κ3) is 8.54. The highest BCUT2D eigenvalue weighted by molar-refractivity contribution is 5.26. The van der Waals surface area contributed by atoms with E-state index in [-0.39, 0.29) is 18.4 Å². The molecule has 0 radical (unpaired) electrons. The van der Waals surface area contributed by atoms with Crippen molar-refractivity contribution in [3.63, 3.8) is 0 Å². The van der Waals surface area contributed by atoms with Crippen molar-refractivity contribution >= 4 is 0 Å². The summed E-state index contributed by atoms with van der Waals surface area (Å²) in [6.07, 6.45) is 4.96. The van der Waals surface area contributed by atoms with Crippen LogP contribution in [-0.4, -0.2) is 32.0 Å². The number of allylic oxidation sites excluding steroid dienone is 1. The lowest BCUT2D eigenvalue weighted by Gasteiger charge is -2.23. The molecule has 4 heteroatoms. The first-order chi connectivity index (χ1) is 14.6. The van der Waals surface area contributed by atoms with E-state index in [1.165, 1.54) is 0 Å². The Morgan fingerprint density at radius 3 is 2.30 bits per heavy atom. The molecule has 2 aromatic rings. The molecule has 30 heavy (non-hydrogen) atoms. The minimum Gasteiger partial charge on any atom is -0.497 e. The van der Waals surface area contributed by atoms with Crippen molar-refractivity contribution in [2.45, 2.75) is 26.6 Å². The number of hydrogen-bond acceptors (Lipinski definition) is 4. The lowest BCUT2D eigenvalue weighted by molar-refractivity contribution is 0.101. The van der Waals surface area contributed by atoms with Crippen LogP contribution in [0.4, 0.5) is 0 Å². The highest BCUT2D eigenvalue weighted by atomic mass is 16.5. The van der Waals surface area contributed by atoms with Gasteiger partial charge in [-0.25, -0.2) is 0 Å². The smallest absolute Gasteiger partial charge is 0.118 e. The van der Waals surface area contributed by atoms with Gasteiger partial charge in [0, 0.05) is 12.5 Å². The Hall–Kier alpha value is -2.40. The summed E-state index contributed by atoms with van der Waals surface area (Å²) in [5, 5.41) is 9.82. The van der Waals surface area contributed by atoms with Crippen LogP contribution in [0.2, 0.25) is 0 Å². The van der Waals surface area contributed by atoms with E-state index in [9.17, 15) is 5.11 Å². The van der Waals surface area contributed by atoms with Gasteiger partial charge in [-0.1, -0.05) is 66.8 Å². The highest BCUT2D eigenvalue weighted by Gasteiger charge is 2.19. The SMILES string of the molecule is C=C(C)[C@@H](CO)[C@@H](/C=C/COCc1ccc(OC)cc1)CCOCc1ccccc1. The summed E-state index contributed by atoms with van der Waals surface area (Å²) in [6, 6.07) is 18.0. The second-order valence-corrected chi connectivity index (χ2v) is 7.42. The third-order valence-corrected chi connectivity index (χ3v) is 5.08. The van der Waals surface area contributed by atoms with Crippen molar-refractivity contribution in [3.05, 3.63) is 90.0 Å². The maximum Gasteiger partial charge on any atom is 0.118 e. The van der Waals surface area contributed by atoms with Crippen LogP contribution in [0.15, 0.2) is 78.9 Å². The molecule has 0 unspecified atom stereocenters. The van der Waals surface area contributed by atoms with Gasteiger partial charge in [0.25, 0.3) is 0 Å². The first kappa shape index (κ1) is 23.9. The van der Waals surface area contributed by atoms with Crippen molar-refractivity contribution in [1.82, 2.24) is 0 Å². The molecule has 0 aromatic heterocycles. The molecule has 2 aromatic carbocycles. The van der Waals surface area contributed by atoms with Crippen molar-refractivity contribution < 1.29 is 19.3 Å². The van der Waals surface area contributed by atoms with Crippen LogP contribution < -0.4 is 4.74 Å². The maximum atomic E-state index is 9.82. The Morgan fingerprint density at radius 1 is 1.00 bits per heavy atom. The van der Waals surface area contributed by atoms with E-state index in [0.29, 0.717) is 26.4 Å². The molecule has 0 saturated heterocycles. The van der Waals surface area contributed by atoms with Crippen LogP contribution in [-0.2, 0) is 22.7 Å². The van der Waals surface area contributed by atoms with E-state index in [0.717, 1.165) is 28.9 Å². The quantitative estimate of drug-likeness (QED) is 0.345. The number of aliphatic hydroxyl groups is 1. The first-order valence-electron chi connectivity index (χ1n) is 10.4. The minimum atomic E-state index is 0.0168. The summed E-state index contributed by atoms with van der Waals surface area (Å²) in [5.74, 6) is 1.02. The number of benzene rings is 2. The van der Waals surface area contributed by atoms with E-state index in [1.54, 1.807) is 7.11 Å². The van der Waals surface area contributed by atoms with Crippen LogP contribution in [0, 0.1) is 11.8 Å². The molecule has 4 nitrogen and oxygen atoms in total. The molecule has 2 rings (SSSR count). The molecule has 0 spiro atoms. The Labute approximate surface area is 180 Å². The lowest BCUT2D eigenvalue weighted by Crippen LogP contribution is -2.20. The first-order valence-corrected chi connectivity index (χ1v) is 10.4. The lowest BCUT2D eigenvalue weighted by atomic mass is 9.85. The zero-order chi connectivity index (χ0) is 21.6. The standard InChI is InChI=1S/C26H34O4/c1-21(2)26(18-27)24(15-17-30-19-22-8-5-4-6-9-22)10-7-16-29-20-23-11-13-25(28-3)14-12-23/h4-14,24,26-27H,1,15-20H2,2-3H3/b10-7+/t24-,26+/m0/s1. The fourth-order valence-corrected chi connectivity index (χ4v) is 3.27. The number of aliphatic hydroxyl groups excluding tert-OH is 1. The molecule has 0 fully saturated rings. The van der Waals surface area contributed by atoms with Gasteiger partial charge in [-0.2, -0.15) is 0 Å². The summed E-state index contributed by atoms with van der Waals surface area (Å²) < 4.78 is 16.8. The Balaban J connectivity index is 1.80. The van der Waals surface area contributed by atoms with Gasteiger partial charge in [-0.15, -0.1) is 0 Å².